The summed E-state index contributed by atoms with van der Waals surface area (Å²) < 4.78 is 47.0. The molecule has 0 radical (unpaired) electrons. The van der Waals surface area contributed by atoms with Gasteiger partial charge >= 0.3 is 12.3 Å². The molecule has 3 heterocycles. The van der Waals surface area contributed by atoms with Crippen LogP contribution in [0.25, 0.3) is 22.3 Å². The molecule has 4 rings (SSSR count). The van der Waals surface area contributed by atoms with E-state index in [0.717, 1.165) is 44.8 Å². The Morgan fingerprint density at radius 1 is 1.20 bits per heavy atom. The van der Waals surface area contributed by atoms with Crippen LogP contribution in [-0.2, 0) is 10.9 Å². The first-order valence-corrected chi connectivity index (χ1v) is 13.6. The van der Waals surface area contributed by atoms with Crippen LogP contribution in [0.4, 0.5) is 23.9 Å². The maximum absolute atomic E-state index is 13.9. The zero-order valence-corrected chi connectivity index (χ0v) is 23.6. The van der Waals surface area contributed by atoms with Crippen molar-refractivity contribution in [2.45, 2.75) is 76.7 Å². The Morgan fingerprint density at radius 2 is 1.95 bits per heavy atom. The fourth-order valence-electron chi connectivity index (χ4n) is 4.82. The first-order valence-electron chi connectivity index (χ1n) is 13.6. The number of carbonyl (C=O) groups is 1. The summed E-state index contributed by atoms with van der Waals surface area (Å²) in [6, 6.07) is 5.21. The van der Waals surface area contributed by atoms with Crippen LogP contribution in [0, 0.1) is 11.3 Å². The lowest BCUT2D eigenvalue weighted by molar-refractivity contribution is -0.137. The van der Waals surface area contributed by atoms with Crippen molar-refractivity contribution in [1.29, 1.82) is 5.26 Å². The molecule has 1 amide bonds. The van der Waals surface area contributed by atoms with Gasteiger partial charge < -0.3 is 25.3 Å². The molecule has 0 unspecified atom stereocenters. The summed E-state index contributed by atoms with van der Waals surface area (Å²) in [6.07, 6.45) is 1.49. The number of nitrogens with one attached hydrogen (secondary N) is 3. The van der Waals surface area contributed by atoms with E-state index >= 15 is 0 Å². The van der Waals surface area contributed by atoms with Gasteiger partial charge in [-0.05, 0) is 71.6 Å². The number of fused-ring (bicyclic) bond motifs is 1. The molecule has 0 aliphatic heterocycles. The van der Waals surface area contributed by atoms with Gasteiger partial charge in [-0.3, -0.25) is 0 Å². The molecule has 1 aliphatic carbocycles. The fraction of sp³-hybridized carbons (Fsp3) is 0.536. The van der Waals surface area contributed by atoms with E-state index in [2.05, 4.69) is 30.6 Å². The van der Waals surface area contributed by atoms with Gasteiger partial charge in [0, 0.05) is 49.0 Å². The molecule has 0 aromatic carbocycles. The van der Waals surface area contributed by atoms with E-state index in [-0.39, 0.29) is 41.1 Å². The standard InChI is InChI=1S/C28H35F3N8O2/c1-27(2,3)41-26(40)39(4)12-6-5-11-33-17-7-8-18(13-17)37-25-35-16-22(28(29,30)31)23(38-25)21-15-34-24-20(21)10-9-19(14-32)36-24/h9-10,15-18,33H,5-8,11-13H2,1-4H3,(H,34,36)(H,35,37,38)/t17-,18-/m0/s1. The lowest BCUT2D eigenvalue weighted by atomic mass is 10.1. The Bertz CT molecular complexity index is 1410. The fourth-order valence-corrected chi connectivity index (χ4v) is 4.82. The number of rotatable bonds is 9. The average molecular weight is 573 g/mol. The summed E-state index contributed by atoms with van der Waals surface area (Å²) in [5, 5.41) is 16.3. The van der Waals surface area contributed by atoms with Crippen molar-refractivity contribution in [2.24, 2.45) is 0 Å². The van der Waals surface area contributed by atoms with Crippen molar-refractivity contribution < 1.29 is 22.7 Å². The lowest BCUT2D eigenvalue weighted by Crippen LogP contribution is -2.35. The molecule has 13 heteroatoms. The predicted octanol–water partition coefficient (Wildman–Crippen LogP) is 5.48. The molecular formula is C28H35F3N8O2. The smallest absolute Gasteiger partial charge is 0.419 e. The number of nitrogens with zero attached hydrogens (tertiary/aromatic N) is 5. The van der Waals surface area contributed by atoms with E-state index in [0.29, 0.717) is 17.6 Å². The zero-order valence-electron chi connectivity index (χ0n) is 23.6. The molecule has 0 bridgehead atoms. The number of hydrogen-bond donors (Lipinski definition) is 3. The van der Waals surface area contributed by atoms with Crippen LogP contribution in [-0.4, -0.2) is 68.8 Å². The maximum Gasteiger partial charge on any atom is 0.419 e. The number of aromatic amines is 1. The number of carbonyl (C=O) groups excluding carboxylic acids is 1. The number of alkyl halides is 3. The Kier molecular flexibility index (Phi) is 9.01. The molecule has 0 saturated heterocycles. The van der Waals surface area contributed by atoms with Crippen molar-refractivity contribution in [1.82, 2.24) is 30.2 Å². The molecule has 0 spiro atoms. The number of anilines is 1. The van der Waals surface area contributed by atoms with Crippen molar-refractivity contribution >= 4 is 23.1 Å². The highest BCUT2D eigenvalue weighted by Crippen LogP contribution is 2.38. The van der Waals surface area contributed by atoms with Crippen LogP contribution in [0.15, 0.2) is 24.5 Å². The maximum atomic E-state index is 13.9. The van der Waals surface area contributed by atoms with E-state index < -0.39 is 17.3 Å². The Morgan fingerprint density at radius 3 is 2.66 bits per heavy atom. The molecule has 220 valence electrons. The lowest BCUT2D eigenvalue weighted by Gasteiger charge is -2.24. The first kappa shape index (κ1) is 30.0. The molecular weight excluding hydrogens is 537 g/mol. The van der Waals surface area contributed by atoms with Crippen molar-refractivity contribution in [3.8, 4) is 17.3 Å². The summed E-state index contributed by atoms with van der Waals surface area (Å²) in [7, 11) is 1.73. The molecule has 1 aliphatic rings. The van der Waals surface area contributed by atoms with Crippen molar-refractivity contribution in [3.05, 3.63) is 35.8 Å². The quantitative estimate of drug-likeness (QED) is 0.287. The number of nitriles is 1. The molecule has 41 heavy (non-hydrogen) atoms. The highest BCUT2D eigenvalue weighted by molar-refractivity contribution is 5.93. The number of unbranched alkanes of at least 4 members (excludes halogenated alkanes) is 1. The van der Waals surface area contributed by atoms with Gasteiger partial charge in [-0.25, -0.2) is 19.7 Å². The van der Waals surface area contributed by atoms with Crippen LogP contribution in [0.5, 0.6) is 0 Å². The van der Waals surface area contributed by atoms with E-state index in [1.807, 2.05) is 26.8 Å². The average Bonchev–Trinajstić information content (AvgIpc) is 3.53. The summed E-state index contributed by atoms with van der Waals surface area (Å²) in [5.41, 5.74) is -1.03. The van der Waals surface area contributed by atoms with E-state index in [4.69, 9.17) is 10.00 Å². The molecule has 1 fully saturated rings. The van der Waals surface area contributed by atoms with E-state index in [1.165, 1.54) is 12.3 Å². The number of amides is 1. The summed E-state index contributed by atoms with van der Waals surface area (Å²) >= 11 is 0. The van der Waals surface area contributed by atoms with Crippen LogP contribution in [0.3, 0.4) is 0 Å². The first-order chi connectivity index (χ1) is 19.3. The minimum atomic E-state index is -4.65. The number of H-pyrrole nitrogens is 1. The van der Waals surface area contributed by atoms with E-state index in [1.54, 1.807) is 18.0 Å². The number of pyridine rings is 1. The third-order valence-electron chi connectivity index (χ3n) is 6.83. The highest BCUT2D eigenvalue weighted by atomic mass is 19.4. The van der Waals surface area contributed by atoms with Gasteiger partial charge in [0.1, 0.15) is 28.6 Å². The van der Waals surface area contributed by atoms with Crippen molar-refractivity contribution in [2.75, 3.05) is 25.5 Å². The van der Waals surface area contributed by atoms with Crippen LogP contribution < -0.4 is 10.6 Å². The van der Waals surface area contributed by atoms with Gasteiger partial charge in [0.25, 0.3) is 0 Å². The van der Waals surface area contributed by atoms with Crippen LogP contribution in [0.2, 0.25) is 0 Å². The van der Waals surface area contributed by atoms with Gasteiger partial charge in [-0.2, -0.15) is 18.4 Å². The largest absolute Gasteiger partial charge is 0.444 e. The number of hydrogen-bond acceptors (Lipinski definition) is 8. The zero-order chi connectivity index (χ0) is 29.8. The van der Waals surface area contributed by atoms with Gasteiger partial charge in [0.2, 0.25) is 5.95 Å². The van der Waals surface area contributed by atoms with Gasteiger partial charge in [-0.1, -0.05) is 0 Å². The third-order valence-corrected chi connectivity index (χ3v) is 6.83. The van der Waals surface area contributed by atoms with Gasteiger partial charge in [-0.15, -0.1) is 0 Å². The minimum absolute atomic E-state index is 0.0122. The number of ether oxygens (including phenoxy) is 1. The monoisotopic (exact) mass is 572 g/mol. The number of aromatic nitrogens is 4. The molecule has 3 aromatic rings. The van der Waals surface area contributed by atoms with Crippen molar-refractivity contribution in [3.63, 3.8) is 0 Å². The molecule has 3 aromatic heterocycles. The van der Waals surface area contributed by atoms with Crippen LogP contribution >= 0.6 is 0 Å². The Balaban J connectivity index is 1.33. The third kappa shape index (κ3) is 7.85. The summed E-state index contributed by atoms with van der Waals surface area (Å²) in [6.45, 7) is 6.91. The molecule has 2 atom stereocenters. The molecule has 1 saturated carbocycles. The SMILES string of the molecule is CN(CCCCN[C@H]1CC[C@H](Nc2ncc(C(F)(F)F)c(-c3c[nH]c4nc(C#N)ccc34)n2)C1)C(=O)OC(C)(C)C. The second-order valence-corrected chi connectivity index (χ2v) is 11.3. The predicted molar refractivity (Wildman–Crippen MR) is 148 cm³/mol. The second kappa shape index (κ2) is 12.3. The van der Waals surface area contributed by atoms with Crippen LogP contribution in [0.1, 0.15) is 64.1 Å². The van der Waals surface area contributed by atoms with E-state index in [9.17, 15) is 18.0 Å². The highest BCUT2D eigenvalue weighted by Gasteiger charge is 2.36. The number of halogens is 3. The summed E-state index contributed by atoms with van der Waals surface area (Å²) in [4.78, 5) is 28.9. The topological polar surface area (TPSA) is 132 Å². The molecule has 10 nitrogen and oxygen atoms in total. The normalized spacial score (nSPS) is 17.4. The minimum Gasteiger partial charge on any atom is -0.444 e. The van der Waals surface area contributed by atoms with Gasteiger partial charge in [0.15, 0.2) is 0 Å². The second-order valence-electron chi connectivity index (χ2n) is 11.3. The van der Waals surface area contributed by atoms with Gasteiger partial charge in [0.05, 0.1) is 5.69 Å². The summed E-state index contributed by atoms with van der Waals surface area (Å²) in [5.74, 6) is 0.125. The Labute approximate surface area is 236 Å². The Hall–Kier alpha value is -3.92. The molecule has 3 N–H and O–H groups in total.